The van der Waals surface area contributed by atoms with Crippen molar-refractivity contribution in [3.8, 4) is 0 Å². The van der Waals surface area contributed by atoms with Gasteiger partial charge in [-0.05, 0) is 47.8 Å². The summed E-state index contributed by atoms with van der Waals surface area (Å²) in [6, 6.07) is 18.0. The largest absolute Gasteiger partial charge is 0.377 e. The van der Waals surface area contributed by atoms with Crippen molar-refractivity contribution in [1.29, 1.82) is 0 Å². The first-order valence-corrected chi connectivity index (χ1v) is 8.85. The van der Waals surface area contributed by atoms with Crippen molar-refractivity contribution >= 4 is 17.4 Å². The Morgan fingerprint density at radius 1 is 1.00 bits per heavy atom. The van der Waals surface area contributed by atoms with Gasteiger partial charge in [0.05, 0.1) is 6.04 Å². The Morgan fingerprint density at radius 2 is 1.71 bits per heavy atom. The Balaban J connectivity index is 1.88. The van der Waals surface area contributed by atoms with Crippen LogP contribution in [-0.4, -0.2) is 5.75 Å². The van der Waals surface area contributed by atoms with E-state index in [0.717, 1.165) is 5.75 Å². The Morgan fingerprint density at radius 3 is 2.52 bits per heavy atom. The molecule has 1 aliphatic carbocycles. The number of anilines is 1. The molecule has 0 spiro atoms. The summed E-state index contributed by atoms with van der Waals surface area (Å²) in [5.74, 6) is 1.79. The van der Waals surface area contributed by atoms with E-state index in [2.05, 4.69) is 67.7 Å². The molecule has 2 aromatic carbocycles. The van der Waals surface area contributed by atoms with E-state index in [4.69, 9.17) is 0 Å². The second kappa shape index (κ2) is 6.57. The van der Waals surface area contributed by atoms with Crippen molar-refractivity contribution in [1.82, 2.24) is 0 Å². The Bertz CT molecular complexity index is 608. The van der Waals surface area contributed by atoms with Crippen LogP contribution >= 0.6 is 11.8 Å². The van der Waals surface area contributed by atoms with Crippen LogP contribution in [-0.2, 0) is 0 Å². The summed E-state index contributed by atoms with van der Waals surface area (Å²) in [5.41, 5.74) is 4.27. The molecule has 110 valence electrons. The minimum Gasteiger partial charge on any atom is -0.377 e. The average molecular weight is 297 g/mol. The number of fused-ring (bicyclic) bond motifs is 1. The highest BCUT2D eigenvalue weighted by Crippen LogP contribution is 2.40. The summed E-state index contributed by atoms with van der Waals surface area (Å²) < 4.78 is 0. The molecule has 0 heterocycles. The minimum absolute atomic E-state index is 0.441. The molecule has 0 aromatic heterocycles. The van der Waals surface area contributed by atoms with E-state index in [1.165, 1.54) is 34.6 Å². The molecule has 2 atom stereocenters. The maximum absolute atomic E-state index is 3.79. The van der Waals surface area contributed by atoms with Crippen LogP contribution in [0.15, 0.2) is 53.4 Å². The van der Waals surface area contributed by atoms with Gasteiger partial charge in [-0.25, -0.2) is 0 Å². The van der Waals surface area contributed by atoms with Crippen molar-refractivity contribution in [3.05, 3.63) is 59.7 Å². The maximum Gasteiger partial charge on any atom is 0.0517 e. The predicted octanol–water partition coefficient (Wildman–Crippen LogP) is 5.85. The smallest absolute Gasteiger partial charge is 0.0517 e. The molecule has 2 aromatic rings. The van der Waals surface area contributed by atoms with Gasteiger partial charge < -0.3 is 5.32 Å². The molecule has 3 rings (SSSR count). The monoisotopic (exact) mass is 297 g/mol. The van der Waals surface area contributed by atoms with Crippen LogP contribution in [0, 0.1) is 0 Å². The number of nitrogens with one attached hydrogen (secondary N) is 1. The second-order valence-corrected chi connectivity index (χ2v) is 7.04. The highest BCUT2D eigenvalue weighted by Gasteiger charge is 2.24. The van der Waals surface area contributed by atoms with Crippen molar-refractivity contribution in [2.75, 3.05) is 11.1 Å². The van der Waals surface area contributed by atoms with Gasteiger partial charge in [-0.15, -0.1) is 11.8 Å². The van der Waals surface area contributed by atoms with Gasteiger partial charge >= 0.3 is 0 Å². The van der Waals surface area contributed by atoms with Crippen LogP contribution in [0.3, 0.4) is 0 Å². The summed E-state index contributed by atoms with van der Waals surface area (Å²) >= 11 is 1.91. The van der Waals surface area contributed by atoms with Crippen LogP contribution in [0.25, 0.3) is 0 Å². The van der Waals surface area contributed by atoms with E-state index in [0.29, 0.717) is 12.0 Å². The Labute approximate surface area is 132 Å². The van der Waals surface area contributed by atoms with Crippen molar-refractivity contribution in [2.45, 2.75) is 43.5 Å². The first-order valence-electron chi connectivity index (χ1n) is 7.86. The molecular weight excluding hydrogens is 274 g/mol. The van der Waals surface area contributed by atoms with Gasteiger partial charge in [0.1, 0.15) is 0 Å². The third-order valence-corrected chi connectivity index (χ3v) is 5.26. The van der Waals surface area contributed by atoms with Gasteiger partial charge in [-0.2, -0.15) is 0 Å². The number of hydrogen-bond donors (Lipinski definition) is 1. The van der Waals surface area contributed by atoms with Crippen LogP contribution < -0.4 is 5.32 Å². The molecule has 0 aliphatic heterocycles. The molecule has 0 fully saturated rings. The molecule has 0 amide bonds. The lowest BCUT2D eigenvalue weighted by Crippen LogP contribution is -2.19. The summed E-state index contributed by atoms with van der Waals surface area (Å²) in [4.78, 5) is 1.36. The maximum atomic E-state index is 3.79. The highest BCUT2D eigenvalue weighted by molar-refractivity contribution is 7.99. The fourth-order valence-corrected chi connectivity index (χ4v) is 3.98. The summed E-state index contributed by atoms with van der Waals surface area (Å²) in [7, 11) is 0. The molecule has 0 bridgehead atoms. The molecule has 1 N–H and O–H groups in total. The van der Waals surface area contributed by atoms with Crippen molar-refractivity contribution in [2.24, 2.45) is 0 Å². The molecule has 2 heteroatoms. The fourth-order valence-electron chi connectivity index (χ4n) is 3.21. The summed E-state index contributed by atoms with van der Waals surface area (Å²) in [6.07, 6.45) is 2.47. The topological polar surface area (TPSA) is 12.0 Å². The van der Waals surface area contributed by atoms with Gasteiger partial charge in [-0.1, -0.05) is 50.2 Å². The van der Waals surface area contributed by atoms with Crippen LogP contribution in [0.5, 0.6) is 0 Å². The Kier molecular flexibility index (Phi) is 4.54. The molecule has 0 saturated heterocycles. The molecular formula is C19H23NS. The standard InChI is InChI=1S/C19H23NS/c1-3-21-19-11-7-6-10-18(19)20-17-13-12-14(2)15-8-4-5-9-16(15)17/h4-11,14,17,20H,3,12-13H2,1-2H3. The van der Waals surface area contributed by atoms with Crippen LogP contribution in [0.2, 0.25) is 0 Å². The summed E-state index contributed by atoms with van der Waals surface area (Å²) in [6.45, 7) is 4.55. The van der Waals surface area contributed by atoms with E-state index in [1.807, 2.05) is 11.8 Å². The highest BCUT2D eigenvalue weighted by atomic mass is 32.2. The fraction of sp³-hybridized carbons (Fsp3) is 0.368. The number of thioether (sulfide) groups is 1. The van der Waals surface area contributed by atoms with Crippen LogP contribution in [0.1, 0.15) is 49.8 Å². The van der Waals surface area contributed by atoms with E-state index in [1.54, 1.807) is 0 Å². The zero-order chi connectivity index (χ0) is 14.7. The van der Waals surface area contributed by atoms with Crippen LogP contribution in [0.4, 0.5) is 5.69 Å². The molecule has 1 aliphatic rings. The van der Waals surface area contributed by atoms with E-state index >= 15 is 0 Å². The van der Waals surface area contributed by atoms with Crippen molar-refractivity contribution in [3.63, 3.8) is 0 Å². The number of para-hydroxylation sites is 1. The zero-order valence-electron chi connectivity index (χ0n) is 12.8. The van der Waals surface area contributed by atoms with Gasteiger partial charge in [0, 0.05) is 10.6 Å². The predicted molar refractivity (Wildman–Crippen MR) is 93.3 cm³/mol. The SMILES string of the molecule is CCSc1ccccc1NC1CCC(C)c2ccccc21. The lowest BCUT2D eigenvalue weighted by molar-refractivity contribution is 0.534. The Hall–Kier alpha value is -1.41. The first-order chi connectivity index (χ1) is 10.3. The molecule has 21 heavy (non-hydrogen) atoms. The van der Waals surface area contributed by atoms with Gasteiger partial charge in [-0.3, -0.25) is 0 Å². The van der Waals surface area contributed by atoms with E-state index < -0.39 is 0 Å². The first kappa shape index (κ1) is 14.5. The van der Waals surface area contributed by atoms with Crippen molar-refractivity contribution < 1.29 is 0 Å². The van der Waals surface area contributed by atoms with E-state index in [9.17, 15) is 0 Å². The molecule has 0 saturated carbocycles. The number of rotatable bonds is 4. The number of benzene rings is 2. The minimum atomic E-state index is 0.441. The van der Waals surface area contributed by atoms with Gasteiger partial charge in [0.15, 0.2) is 0 Å². The lowest BCUT2D eigenvalue weighted by Gasteiger charge is -2.31. The molecule has 2 unspecified atom stereocenters. The third kappa shape index (κ3) is 3.11. The zero-order valence-corrected chi connectivity index (χ0v) is 13.6. The second-order valence-electron chi connectivity index (χ2n) is 5.73. The number of hydrogen-bond acceptors (Lipinski definition) is 2. The normalized spacial score (nSPS) is 20.9. The molecule has 0 radical (unpaired) electrons. The average Bonchev–Trinajstić information content (AvgIpc) is 2.52. The van der Waals surface area contributed by atoms with Gasteiger partial charge in [0.25, 0.3) is 0 Å². The lowest BCUT2D eigenvalue weighted by atomic mass is 9.81. The third-order valence-electron chi connectivity index (χ3n) is 4.31. The van der Waals surface area contributed by atoms with Gasteiger partial charge in [0.2, 0.25) is 0 Å². The quantitative estimate of drug-likeness (QED) is 0.710. The molecule has 1 nitrogen and oxygen atoms in total. The summed E-state index contributed by atoms with van der Waals surface area (Å²) in [5, 5.41) is 3.79. The van der Waals surface area contributed by atoms with E-state index in [-0.39, 0.29) is 0 Å².